The Balaban J connectivity index is 1.62. The van der Waals surface area contributed by atoms with Crippen molar-refractivity contribution < 1.29 is 13.2 Å². The average molecular weight is 357 g/mol. The summed E-state index contributed by atoms with van der Waals surface area (Å²) < 4.78 is 26.8. The monoisotopic (exact) mass is 357 g/mol. The Hall–Kier alpha value is -2.51. The number of pyridine rings is 1. The van der Waals surface area contributed by atoms with E-state index < -0.39 is 10.0 Å². The second-order valence-electron chi connectivity index (χ2n) is 5.95. The van der Waals surface area contributed by atoms with Crippen molar-refractivity contribution in [3.05, 3.63) is 59.8 Å². The van der Waals surface area contributed by atoms with Crippen LogP contribution in [0, 0.1) is 6.92 Å². The lowest BCUT2D eigenvalue weighted by Crippen LogP contribution is -2.25. The van der Waals surface area contributed by atoms with Gasteiger partial charge in [0.1, 0.15) is 5.82 Å². The van der Waals surface area contributed by atoms with Crippen molar-refractivity contribution in [1.29, 1.82) is 0 Å². The number of rotatable bonds is 6. The second-order valence-corrected chi connectivity index (χ2v) is 7.67. The second kappa shape index (κ2) is 7.16. The largest absolute Gasteiger partial charge is 0.307 e. The molecule has 2 N–H and O–H groups in total. The third kappa shape index (κ3) is 4.98. The van der Waals surface area contributed by atoms with Crippen molar-refractivity contribution in [2.45, 2.75) is 30.7 Å². The van der Waals surface area contributed by atoms with Crippen LogP contribution in [0.1, 0.15) is 24.1 Å². The van der Waals surface area contributed by atoms with E-state index in [1.54, 1.807) is 24.3 Å². The molecular weight excluding hydrogens is 338 g/mol. The Morgan fingerprint density at radius 3 is 2.52 bits per heavy atom. The summed E-state index contributed by atoms with van der Waals surface area (Å²) in [5.74, 6) is 0.187. The quantitative estimate of drug-likeness (QED) is 0.778. The molecule has 1 heterocycles. The van der Waals surface area contributed by atoms with Crippen LogP contribution in [0.3, 0.4) is 0 Å². The van der Waals surface area contributed by atoms with Crippen LogP contribution in [0.15, 0.2) is 53.4 Å². The fourth-order valence-electron chi connectivity index (χ4n) is 2.20. The highest BCUT2D eigenvalue weighted by Gasteiger charge is 2.27. The molecule has 0 atom stereocenters. The standard InChI is InChI=1S/C18H19N3O3S/c1-13-3-2-4-17(19-13)20-18(22)12-7-14-5-10-16(11-6-14)25(23,24)21-15-8-9-15/h2-7,10-12,15,21H,8-9H2,1H3,(H,19,20,22)/b12-7+. The highest BCUT2D eigenvalue weighted by molar-refractivity contribution is 7.89. The van der Waals surface area contributed by atoms with Gasteiger partial charge in [0.25, 0.3) is 0 Å². The number of carbonyl (C=O) groups excluding carboxylic acids is 1. The summed E-state index contributed by atoms with van der Waals surface area (Å²) in [4.78, 5) is 16.3. The number of nitrogens with one attached hydrogen (secondary N) is 2. The van der Waals surface area contributed by atoms with Gasteiger partial charge in [0.15, 0.2) is 0 Å². The van der Waals surface area contributed by atoms with Gasteiger partial charge in [-0.25, -0.2) is 18.1 Å². The molecule has 1 aliphatic rings. The third-order valence-electron chi connectivity index (χ3n) is 3.66. The number of carbonyl (C=O) groups is 1. The van der Waals surface area contributed by atoms with Gasteiger partial charge in [-0.3, -0.25) is 4.79 Å². The van der Waals surface area contributed by atoms with Crippen molar-refractivity contribution >= 4 is 27.8 Å². The molecule has 1 aromatic heterocycles. The van der Waals surface area contributed by atoms with Crippen molar-refractivity contribution in [3.8, 4) is 0 Å². The number of benzene rings is 1. The molecule has 0 saturated heterocycles. The van der Waals surface area contributed by atoms with Crippen molar-refractivity contribution in [2.24, 2.45) is 0 Å². The first kappa shape index (κ1) is 17.3. The highest BCUT2D eigenvalue weighted by Crippen LogP contribution is 2.22. The van der Waals surface area contributed by atoms with Crippen LogP contribution in [0.4, 0.5) is 5.82 Å². The van der Waals surface area contributed by atoms with Crippen LogP contribution in [-0.4, -0.2) is 25.4 Å². The first-order valence-corrected chi connectivity index (χ1v) is 9.46. The Morgan fingerprint density at radius 1 is 1.16 bits per heavy atom. The summed E-state index contributed by atoms with van der Waals surface area (Å²) >= 11 is 0. The third-order valence-corrected chi connectivity index (χ3v) is 5.19. The normalized spacial score (nSPS) is 14.6. The number of anilines is 1. The van der Waals surface area contributed by atoms with Gasteiger partial charge in [0.2, 0.25) is 15.9 Å². The molecule has 3 rings (SSSR count). The van der Waals surface area contributed by atoms with Gasteiger partial charge in [-0.05, 0) is 55.7 Å². The Bertz CT molecular complexity index is 901. The van der Waals surface area contributed by atoms with E-state index in [0.29, 0.717) is 5.82 Å². The maximum Gasteiger partial charge on any atom is 0.249 e. The van der Waals surface area contributed by atoms with E-state index in [-0.39, 0.29) is 16.8 Å². The topological polar surface area (TPSA) is 88.2 Å². The van der Waals surface area contributed by atoms with E-state index in [4.69, 9.17) is 0 Å². The maximum absolute atomic E-state index is 12.1. The van der Waals surface area contributed by atoms with Crippen LogP contribution in [0.25, 0.3) is 6.08 Å². The van der Waals surface area contributed by atoms with Gasteiger partial charge >= 0.3 is 0 Å². The zero-order valence-corrected chi connectivity index (χ0v) is 14.6. The van der Waals surface area contributed by atoms with E-state index in [2.05, 4.69) is 15.0 Å². The summed E-state index contributed by atoms with van der Waals surface area (Å²) in [6.45, 7) is 1.85. The molecule has 0 unspecified atom stereocenters. The molecule has 6 nitrogen and oxygen atoms in total. The molecule has 1 saturated carbocycles. The zero-order chi connectivity index (χ0) is 17.9. The zero-order valence-electron chi connectivity index (χ0n) is 13.8. The first-order chi connectivity index (χ1) is 11.9. The Labute approximate surface area is 147 Å². The Kier molecular flexibility index (Phi) is 4.96. The number of sulfonamides is 1. The molecule has 2 aromatic rings. The molecule has 0 bridgehead atoms. The van der Waals surface area contributed by atoms with Crippen molar-refractivity contribution in [1.82, 2.24) is 9.71 Å². The van der Waals surface area contributed by atoms with Crippen LogP contribution in [0.5, 0.6) is 0 Å². The molecule has 25 heavy (non-hydrogen) atoms. The highest BCUT2D eigenvalue weighted by atomic mass is 32.2. The predicted molar refractivity (Wildman–Crippen MR) is 96.4 cm³/mol. The molecule has 130 valence electrons. The predicted octanol–water partition coefficient (Wildman–Crippen LogP) is 2.48. The van der Waals surface area contributed by atoms with Crippen LogP contribution in [0.2, 0.25) is 0 Å². The number of hydrogen-bond acceptors (Lipinski definition) is 4. The number of aryl methyl sites for hydroxylation is 1. The van der Waals surface area contributed by atoms with Crippen molar-refractivity contribution in [2.75, 3.05) is 5.32 Å². The summed E-state index contributed by atoms with van der Waals surface area (Å²) in [6, 6.07) is 11.8. The number of amides is 1. The van der Waals surface area contributed by atoms with E-state index >= 15 is 0 Å². The van der Waals surface area contributed by atoms with E-state index in [9.17, 15) is 13.2 Å². The summed E-state index contributed by atoms with van der Waals surface area (Å²) in [5.41, 5.74) is 1.55. The minimum Gasteiger partial charge on any atom is -0.307 e. The molecule has 0 spiro atoms. The smallest absolute Gasteiger partial charge is 0.249 e. The van der Waals surface area contributed by atoms with Crippen LogP contribution in [-0.2, 0) is 14.8 Å². The maximum atomic E-state index is 12.1. The molecule has 0 aliphatic heterocycles. The molecule has 1 fully saturated rings. The fourth-order valence-corrected chi connectivity index (χ4v) is 3.50. The molecular formula is C18H19N3O3S. The molecule has 1 aromatic carbocycles. The van der Waals surface area contributed by atoms with Gasteiger partial charge < -0.3 is 5.32 Å². The fraction of sp³-hybridized carbons (Fsp3) is 0.222. The molecule has 1 aliphatic carbocycles. The first-order valence-electron chi connectivity index (χ1n) is 7.97. The minimum absolute atomic E-state index is 0.0727. The molecule has 7 heteroatoms. The summed E-state index contributed by atoms with van der Waals surface area (Å²) in [7, 11) is -3.45. The van der Waals surface area contributed by atoms with Gasteiger partial charge in [-0.1, -0.05) is 18.2 Å². The minimum atomic E-state index is -3.45. The van der Waals surface area contributed by atoms with Crippen LogP contribution < -0.4 is 10.0 Å². The SMILES string of the molecule is Cc1cccc(NC(=O)/C=C/c2ccc(S(=O)(=O)NC3CC3)cc2)n1. The number of nitrogens with zero attached hydrogens (tertiary/aromatic N) is 1. The van der Waals surface area contributed by atoms with E-state index in [1.165, 1.54) is 18.2 Å². The van der Waals surface area contributed by atoms with Crippen LogP contribution >= 0.6 is 0 Å². The summed E-state index contributed by atoms with van der Waals surface area (Å²) in [5, 5.41) is 2.67. The molecule has 1 amide bonds. The number of hydrogen-bond donors (Lipinski definition) is 2. The Morgan fingerprint density at radius 2 is 1.88 bits per heavy atom. The van der Waals surface area contributed by atoms with Crippen molar-refractivity contribution in [3.63, 3.8) is 0 Å². The molecule has 0 radical (unpaired) electrons. The lowest BCUT2D eigenvalue weighted by atomic mass is 10.2. The average Bonchev–Trinajstić information content (AvgIpc) is 3.37. The van der Waals surface area contributed by atoms with Gasteiger partial charge in [-0.15, -0.1) is 0 Å². The number of aromatic nitrogens is 1. The van der Waals surface area contributed by atoms with E-state index in [1.807, 2.05) is 19.1 Å². The van der Waals surface area contributed by atoms with Gasteiger partial charge in [0.05, 0.1) is 4.90 Å². The summed E-state index contributed by atoms with van der Waals surface area (Å²) in [6.07, 6.45) is 4.79. The lowest BCUT2D eigenvalue weighted by Gasteiger charge is -2.05. The van der Waals surface area contributed by atoms with Gasteiger partial charge in [-0.2, -0.15) is 0 Å². The van der Waals surface area contributed by atoms with Gasteiger partial charge in [0, 0.05) is 17.8 Å². The van der Waals surface area contributed by atoms with E-state index in [0.717, 1.165) is 24.1 Å². The lowest BCUT2D eigenvalue weighted by molar-refractivity contribution is -0.111.